The van der Waals surface area contributed by atoms with E-state index in [1.165, 1.54) is 0 Å². The topological polar surface area (TPSA) is 25.2 Å². The molecule has 29 heavy (non-hydrogen) atoms. The van der Waals surface area contributed by atoms with E-state index in [2.05, 4.69) is 24.5 Å². The summed E-state index contributed by atoms with van der Waals surface area (Å²) in [6.07, 6.45) is 5.58. The highest BCUT2D eigenvalue weighted by Gasteiger charge is 2.15. The van der Waals surface area contributed by atoms with Gasteiger partial charge < -0.3 is 9.47 Å². The van der Waals surface area contributed by atoms with Crippen molar-refractivity contribution in [2.45, 2.75) is 26.9 Å². The molecule has 3 nitrogen and oxygen atoms in total. The van der Waals surface area contributed by atoms with Crippen LogP contribution >= 0.6 is 11.6 Å². The highest BCUT2D eigenvalue weighted by atomic mass is 35.5. The predicted octanol–water partition coefficient (Wildman–Crippen LogP) is 5.89. The summed E-state index contributed by atoms with van der Waals surface area (Å²) in [7, 11) is 0. The molecule has 1 heterocycles. The maximum Gasteiger partial charge on any atom is 0.246 e. The van der Waals surface area contributed by atoms with Crippen molar-refractivity contribution in [2.75, 3.05) is 6.54 Å². The van der Waals surface area contributed by atoms with Crippen molar-refractivity contribution in [2.24, 2.45) is 5.92 Å². The molecule has 0 aliphatic carbocycles. The fourth-order valence-electron chi connectivity index (χ4n) is 3.26. The number of halogens is 1. The van der Waals surface area contributed by atoms with Gasteiger partial charge in [0.1, 0.15) is 0 Å². The third kappa shape index (κ3) is 6.10. The van der Waals surface area contributed by atoms with Crippen molar-refractivity contribution in [1.29, 1.82) is 0 Å². The Hall–Kier alpha value is -2.78. The molecule has 0 bridgehead atoms. The second kappa shape index (κ2) is 10.1. The van der Waals surface area contributed by atoms with Crippen LogP contribution in [-0.2, 0) is 17.9 Å². The molecule has 0 radical (unpaired) electrons. The first-order chi connectivity index (χ1) is 14.0. The van der Waals surface area contributed by atoms with E-state index in [1.807, 2.05) is 77.8 Å². The lowest BCUT2D eigenvalue weighted by molar-refractivity contribution is -0.127. The molecule has 2 aromatic carbocycles. The first-order valence-corrected chi connectivity index (χ1v) is 10.3. The molecule has 0 aliphatic heterocycles. The lowest BCUT2D eigenvalue weighted by atomic mass is 10.1. The summed E-state index contributed by atoms with van der Waals surface area (Å²) in [6, 6.07) is 21.8. The quantitative estimate of drug-likeness (QED) is 0.428. The van der Waals surface area contributed by atoms with Gasteiger partial charge in [-0.3, -0.25) is 4.79 Å². The van der Waals surface area contributed by atoms with Crippen LogP contribution in [0.2, 0.25) is 5.02 Å². The fraction of sp³-hybridized carbons (Fsp3) is 0.240. The zero-order valence-corrected chi connectivity index (χ0v) is 17.7. The van der Waals surface area contributed by atoms with Gasteiger partial charge in [-0.2, -0.15) is 0 Å². The molecule has 0 spiro atoms. The highest BCUT2D eigenvalue weighted by molar-refractivity contribution is 6.31. The summed E-state index contributed by atoms with van der Waals surface area (Å²) < 4.78 is 2.16. The van der Waals surface area contributed by atoms with Crippen molar-refractivity contribution in [1.82, 2.24) is 9.47 Å². The van der Waals surface area contributed by atoms with Crippen molar-refractivity contribution in [3.8, 4) is 0 Å². The van der Waals surface area contributed by atoms with Gasteiger partial charge in [0.2, 0.25) is 5.91 Å². The smallest absolute Gasteiger partial charge is 0.246 e. The first kappa shape index (κ1) is 20.9. The van der Waals surface area contributed by atoms with E-state index in [0.717, 1.165) is 21.8 Å². The number of benzene rings is 2. The lowest BCUT2D eigenvalue weighted by Crippen LogP contribution is -2.33. The van der Waals surface area contributed by atoms with E-state index < -0.39 is 0 Å². The molecule has 0 N–H and O–H groups in total. The second-order valence-corrected chi connectivity index (χ2v) is 7.98. The number of carbonyl (C=O) groups excluding carboxylic acids is 1. The maximum absolute atomic E-state index is 12.9. The Morgan fingerprint density at radius 1 is 1.03 bits per heavy atom. The zero-order valence-electron chi connectivity index (χ0n) is 17.0. The van der Waals surface area contributed by atoms with Gasteiger partial charge in [-0.15, -0.1) is 0 Å². The SMILES string of the molecule is CC(C)CN(Cc1cccn1Cc1ccccc1Cl)C(=O)/C=C/c1ccccc1. The molecule has 1 amide bonds. The molecule has 0 saturated heterocycles. The standard InChI is InChI=1S/C25H27ClN2O/c1-20(2)17-28(25(29)15-14-21-9-4-3-5-10-21)19-23-12-8-16-27(23)18-22-11-6-7-13-24(22)26/h3-16,20H,17-19H2,1-2H3/b15-14+. The van der Waals surface area contributed by atoms with Gasteiger partial charge in [0, 0.05) is 36.1 Å². The zero-order chi connectivity index (χ0) is 20.6. The number of carbonyl (C=O) groups is 1. The van der Waals surface area contributed by atoms with Crippen LogP contribution in [0.4, 0.5) is 0 Å². The number of amides is 1. The molecule has 1 aromatic heterocycles. The molecule has 4 heteroatoms. The summed E-state index contributed by atoms with van der Waals surface area (Å²) in [5, 5.41) is 0.757. The number of rotatable bonds is 8. The van der Waals surface area contributed by atoms with Gasteiger partial charge in [-0.1, -0.05) is 74.0 Å². The van der Waals surface area contributed by atoms with Crippen LogP contribution < -0.4 is 0 Å². The van der Waals surface area contributed by atoms with E-state index in [4.69, 9.17) is 11.6 Å². The molecule has 0 aliphatic rings. The van der Waals surface area contributed by atoms with Crippen LogP contribution in [0.1, 0.15) is 30.7 Å². The summed E-state index contributed by atoms with van der Waals surface area (Å²) in [5.74, 6) is 0.407. The van der Waals surface area contributed by atoms with Crippen LogP contribution in [0.25, 0.3) is 6.08 Å². The third-order valence-electron chi connectivity index (χ3n) is 4.69. The van der Waals surface area contributed by atoms with E-state index in [9.17, 15) is 4.79 Å². The van der Waals surface area contributed by atoms with Gasteiger partial charge >= 0.3 is 0 Å². The van der Waals surface area contributed by atoms with E-state index in [1.54, 1.807) is 6.08 Å². The Balaban J connectivity index is 1.75. The van der Waals surface area contributed by atoms with Crippen LogP contribution in [0.3, 0.4) is 0 Å². The Labute approximate surface area is 178 Å². The summed E-state index contributed by atoms with van der Waals surface area (Å²) in [5.41, 5.74) is 3.18. The minimum atomic E-state index is 0.0213. The Bertz CT molecular complexity index is 960. The molecule has 0 fully saturated rings. The van der Waals surface area contributed by atoms with Gasteiger partial charge in [0.15, 0.2) is 0 Å². The maximum atomic E-state index is 12.9. The molecule has 3 rings (SSSR count). The van der Waals surface area contributed by atoms with Gasteiger partial charge in [-0.25, -0.2) is 0 Å². The predicted molar refractivity (Wildman–Crippen MR) is 121 cm³/mol. The number of hydrogen-bond acceptors (Lipinski definition) is 1. The van der Waals surface area contributed by atoms with E-state index in [0.29, 0.717) is 25.6 Å². The molecule has 0 saturated carbocycles. The van der Waals surface area contributed by atoms with Crippen LogP contribution in [0, 0.1) is 5.92 Å². The monoisotopic (exact) mass is 406 g/mol. The average Bonchev–Trinajstić information content (AvgIpc) is 3.14. The van der Waals surface area contributed by atoms with Crippen molar-refractivity contribution < 1.29 is 4.79 Å². The normalized spacial score (nSPS) is 11.3. The summed E-state index contributed by atoms with van der Waals surface area (Å²) in [6.45, 7) is 6.21. The lowest BCUT2D eigenvalue weighted by Gasteiger charge is -2.24. The molecule has 150 valence electrons. The van der Waals surface area contributed by atoms with Gasteiger partial charge in [0.25, 0.3) is 0 Å². The molecule has 3 aromatic rings. The number of nitrogens with zero attached hydrogens (tertiary/aromatic N) is 2. The molecular formula is C25H27ClN2O. The van der Waals surface area contributed by atoms with Crippen molar-refractivity contribution in [3.63, 3.8) is 0 Å². The number of hydrogen-bond donors (Lipinski definition) is 0. The first-order valence-electron chi connectivity index (χ1n) is 9.92. The van der Waals surface area contributed by atoms with Gasteiger partial charge in [-0.05, 0) is 41.3 Å². The Kier molecular flexibility index (Phi) is 7.31. The Morgan fingerprint density at radius 3 is 2.48 bits per heavy atom. The Morgan fingerprint density at radius 2 is 1.76 bits per heavy atom. The summed E-state index contributed by atoms with van der Waals surface area (Å²) >= 11 is 6.33. The summed E-state index contributed by atoms with van der Waals surface area (Å²) in [4.78, 5) is 14.8. The highest BCUT2D eigenvalue weighted by Crippen LogP contribution is 2.18. The second-order valence-electron chi connectivity index (χ2n) is 7.58. The van der Waals surface area contributed by atoms with Crippen LogP contribution in [-0.4, -0.2) is 21.9 Å². The van der Waals surface area contributed by atoms with E-state index in [-0.39, 0.29) is 5.91 Å². The van der Waals surface area contributed by atoms with Crippen LogP contribution in [0.15, 0.2) is 79.0 Å². The largest absolute Gasteiger partial charge is 0.345 e. The van der Waals surface area contributed by atoms with Crippen molar-refractivity contribution >= 4 is 23.6 Å². The molecule has 0 atom stereocenters. The third-order valence-corrected chi connectivity index (χ3v) is 5.06. The average molecular weight is 407 g/mol. The fourth-order valence-corrected chi connectivity index (χ4v) is 3.46. The molecule has 0 unspecified atom stereocenters. The van der Waals surface area contributed by atoms with E-state index >= 15 is 0 Å². The number of aromatic nitrogens is 1. The minimum absolute atomic E-state index is 0.0213. The molecular weight excluding hydrogens is 380 g/mol. The minimum Gasteiger partial charge on any atom is -0.345 e. The van der Waals surface area contributed by atoms with Crippen LogP contribution in [0.5, 0.6) is 0 Å². The van der Waals surface area contributed by atoms with Gasteiger partial charge in [0.05, 0.1) is 6.54 Å². The van der Waals surface area contributed by atoms with Crippen molar-refractivity contribution in [3.05, 3.63) is 101 Å².